The summed E-state index contributed by atoms with van der Waals surface area (Å²) in [6.07, 6.45) is 1.68. The van der Waals surface area contributed by atoms with Gasteiger partial charge in [0.1, 0.15) is 16.4 Å². The second kappa shape index (κ2) is 11.0. The van der Waals surface area contributed by atoms with Crippen molar-refractivity contribution in [3.8, 4) is 0 Å². The van der Waals surface area contributed by atoms with Crippen LogP contribution in [0.1, 0.15) is 58.5 Å². The second-order valence-electron chi connectivity index (χ2n) is 9.51. The topological polar surface area (TPSA) is 103 Å². The van der Waals surface area contributed by atoms with E-state index in [4.69, 9.17) is 21.3 Å². The molecule has 1 atom stereocenters. The van der Waals surface area contributed by atoms with Crippen LogP contribution in [0.4, 0.5) is 4.79 Å². The lowest BCUT2D eigenvalue weighted by molar-refractivity contribution is 0.0527. The first-order valence-electron chi connectivity index (χ1n) is 11.4. The molecule has 1 amide bonds. The fourth-order valence-corrected chi connectivity index (χ4v) is 3.74. The molecule has 3 aromatic rings. The summed E-state index contributed by atoms with van der Waals surface area (Å²) < 4.78 is 8.14. The number of hydrogen-bond donors (Lipinski definition) is 2. The van der Waals surface area contributed by atoms with Gasteiger partial charge in [-0.3, -0.25) is 4.57 Å². The van der Waals surface area contributed by atoms with Gasteiger partial charge in [-0.25, -0.2) is 14.6 Å². The predicted molar refractivity (Wildman–Crippen MR) is 132 cm³/mol. The molecule has 0 bridgehead atoms. The number of hydrogen-bond acceptors (Lipinski definition) is 6. The molecule has 34 heavy (non-hydrogen) atoms. The third-order valence-electron chi connectivity index (χ3n) is 5.12. The molecule has 9 nitrogen and oxygen atoms in total. The van der Waals surface area contributed by atoms with Crippen LogP contribution < -0.4 is 16.3 Å². The van der Waals surface area contributed by atoms with Crippen molar-refractivity contribution >= 4 is 23.3 Å². The Balaban J connectivity index is 1.80. The summed E-state index contributed by atoms with van der Waals surface area (Å²) in [4.78, 5) is 29.9. The summed E-state index contributed by atoms with van der Waals surface area (Å²) in [5, 5.41) is 10.7. The van der Waals surface area contributed by atoms with Crippen LogP contribution in [-0.4, -0.2) is 43.9 Å². The molecule has 2 N–H and O–H groups in total. The molecule has 184 valence electrons. The van der Waals surface area contributed by atoms with Crippen LogP contribution in [0.5, 0.6) is 0 Å². The predicted octanol–water partition coefficient (Wildman–Crippen LogP) is 3.79. The first kappa shape index (κ1) is 25.7. The van der Waals surface area contributed by atoms with E-state index in [9.17, 15) is 9.59 Å². The maximum Gasteiger partial charge on any atom is 0.407 e. The maximum atomic E-state index is 13.3. The Morgan fingerprint density at radius 3 is 2.53 bits per heavy atom. The van der Waals surface area contributed by atoms with Crippen molar-refractivity contribution in [1.82, 2.24) is 29.8 Å². The van der Waals surface area contributed by atoms with Crippen molar-refractivity contribution in [3.05, 3.63) is 63.4 Å². The third-order valence-corrected chi connectivity index (χ3v) is 5.39. The number of alkyl carbamates (subject to hydrolysis) is 1. The number of amides is 1. The highest BCUT2D eigenvalue weighted by atomic mass is 35.5. The van der Waals surface area contributed by atoms with Gasteiger partial charge in [0.05, 0.1) is 18.8 Å². The maximum absolute atomic E-state index is 13.3. The number of ether oxygens (including phenoxy) is 1. The fourth-order valence-electron chi connectivity index (χ4n) is 3.57. The number of nitrogens with zero attached hydrogens (tertiary/aromatic N) is 4. The average Bonchev–Trinajstić information content (AvgIpc) is 3.13. The molecule has 0 aliphatic heterocycles. The Morgan fingerprint density at radius 1 is 1.18 bits per heavy atom. The van der Waals surface area contributed by atoms with E-state index in [1.807, 2.05) is 51.1 Å². The van der Waals surface area contributed by atoms with Crippen molar-refractivity contribution < 1.29 is 9.53 Å². The molecule has 0 aliphatic carbocycles. The van der Waals surface area contributed by atoms with Gasteiger partial charge in [-0.15, -0.1) is 0 Å². The van der Waals surface area contributed by atoms with E-state index in [1.165, 1.54) is 10.7 Å². The van der Waals surface area contributed by atoms with Crippen molar-refractivity contribution in [2.24, 2.45) is 5.92 Å². The van der Waals surface area contributed by atoms with Crippen LogP contribution in [0.25, 0.3) is 5.65 Å². The highest BCUT2D eigenvalue weighted by Crippen LogP contribution is 2.22. The van der Waals surface area contributed by atoms with Gasteiger partial charge in [-0.05, 0) is 45.2 Å². The normalized spacial score (nSPS) is 12.8. The Kier molecular flexibility index (Phi) is 8.33. The lowest BCUT2D eigenvalue weighted by atomic mass is 10.0. The molecule has 0 saturated heterocycles. The van der Waals surface area contributed by atoms with Gasteiger partial charge >= 0.3 is 11.8 Å². The van der Waals surface area contributed by atoms with Gasteiger partial charge in [0.15, 0.2) is 5.65 Å². The molecule has 0 unspecified atom stereocenters. The number of nitrogens with one attached hydrogen (secondary N) is 2. The zero-order valence-electron chi connectivity index (χ0n) is 20.3. The van der Waals surface area contributed by atoms with Crippen molar-refractivity contribution in [2.45, 2.75) is 59.2 Å². The molecular formula is C24H33ClN6O3. The van der Waals surface area contributed by atoms with E-state index in [2.05, 4.69) is 29.6 Å². The van der Waals surface area contributed by atoms with Crippen LogP contribution >= 0.6 is 11.6 Å². The van der Waals surface area contributed by atoms with Gasteiger partial charge in [-0.1, -0.05) is 55.8 Å². The fraction of sp³-hybridized carbons (Fsp3) is 0.500. The molecule has 1 aromatic carbocycles. The van der Waals surface area contributed by atoms with E-state index in [-0.39, 0.29) is 17.6 Å². The molecule has 3 rings (SSSR count). The minimum Gasteiger partial charge on any atom is -0.444 e. The van der Waals surface area contributed by atoms with Gasteiger partial charge in [0, 0.05) is 6.54 Å². The Hall–Kier alpha value is -2.91. The number of benzene rings is 1. The molecule has 2 heterocycles. The summed E-state index contributed by atoms with van der Waals surface area (Å²) >= 11 is 6.27. The van der Waals surface area contributed by atoms with Crippen LogP contribution in [0.3, 0.4) is 0 Å². The second-order valence-corrected chi connectivity index (χ2v) is 9.92. The first-order chi connectivity index (χ1) is 16.1. The zero-order chi connectivity index (χ0) is 24.9. The number of carbonyl (C=O) groups excluding carboxylic acids is 1. The Labute approximate surface area is 204 Å². The minimum atomic E-state index is -0.535. The molecule has 0 spiro atoms. The Bertz CT molecular complexity index is 1170. The number of carbonyl (C=O) groups is 1. The SMILES string of the molecule is CC(C)[C@@H](NCCCNC(=O)OC(C)(C)C)c1nc2c(Cl)cnn2c(=O)n1Cc1ccccc1. The number of aromatic nitrogens is 4. The number of rotatable bonds is 9. The number of halogens is 1. The quantitative estimate of drug-likeness (QED) is 0.444. The Morgan fingerprint density at radius 2 is 1.88 bits per heavy atom. The lowest BCUT2D eigenvalue weighted by Gasteiger charge is -2.25. The van der Waals surface area contributed by atoms with Crippen LogP contribution in [0.15, 0.2) is 41.3 Å². The summed E-state index contributed by atoms with van der Waals surface area (Å²) in [5.74, 6) is 0.732. The molecule has 10 heteroatoms. The van der Waals surface area contributed by atoms with Crippen molar-refractivity contribution in [2.75, 3.05) is 13.1 Å². The molecule has 0 fully saturated rings. The van der Waals surface area contributed by atoms with Crippen molar-refractivity contribution in [3.63, 3.8) is 0 Å². The largest absolute Gasteiger partial charge is 0.444 e. The monoisotopic (exact) mass is 488 g/mol. The van der Waals surface area contributed by atoms with Crippen LogP contribution in [0, 0.1) is 5.92 Å². The van der Waals surface area contributed by atoms with Gasteiger partial charge < -0.3 is 15.4 Å². The zero-order valence-corrected chi connectivity index (χ0v) is 21.1. The lowest BCUT2D eigenvalue weighted by Crippen LogP contribution is -2.39. The van der Waals surface area contributed by atoms with E-state index in [1.54, 1.807) is 4.57 Å². The van der Waals surface area contributed by atoms with Crippen LogP contribution in [-0.2, 0) is 11.3 Å². The molecule has 0 aliphatic rings. The number of fused-ring (bicyclic) bond motifs is 1. The van der Waals surface area contributed by atoms with E-state index >= 15 is 0 Å². The summed E-state index contributed by atoms with van der Waals surface area (Å²) in [6, 6.07) is 9.53. The van der Waals surface area contributed by atoms with Gasteiger partial charge in [0.2, 0.25) is 0 Å². The van der Waals surface area contributed by atoms with Crippen molar-refractivity contribution in [1.29, 1.82) is 0 Å². The summed E-state index contributed by atoms with van der Waals surface area (Å²) in [6.45, 7) is 11.0. The van der Waals surface area contributed by atoms with E-state index in [0.29, 0.717) is 42.5 Å². The van der Waals surface area contributed by atoms with Gasteiger partial charge in [-0.2, -0.15) is 9.61 Å². The summed E-state index contributed by atoms with van der Waals surface area (Å²) in [7, 11) is 0. The average molecular weight is 489 g/mol. The smallest absolute Gasteiger partial charge is 0.407 e. The van der Waals surface area contributed by atoms with Gasteiger partial charge in [0.25, 0.3) is 0 Å². The summed E-state index contributed by atoms with van der Waals surface area (Å²) in [5.41, 5.74) is 0.487. The molecule has 0 saturated carbocycles. The third kappa shape index (κ3) is 6.57. The molecular weight excluding hydrogens is 456 g/mol. The highest BCUT2D eigenvalue weighted by Gasteiger charge is 2.24. The van der Waals surface area contributed by atoms with E-state index in [0.717, 1.165) is 5.56 Å². The first-order valence-corrected chi connectivity index (χ1v) is 11.8. The highest BCUT2D eigenvalue weighted by molar-refractivity contribution is 6.33. The standard InChI is InChI=1S/C24H33ClN6O3/c1-16(2)19(26-12-9-13-27-22(32)34-24(3,4)5)21-29-20-18(25)14-28-31(20)23(33)30(21)15-17-10-7-6-8-11-17/h6-8,10-11,14,16,19,26H,9,12-13,15H2,1-5H3,(H,27,32)/t19-/m1/s1. The molecule has 0 radical (unpaired) electrons. The van der Waals surface area contributed by atoms with E-state index < -0.39 is 11.7 Å². The van der Waals surface area contributed by atoms with Crippen LogP contribution in [0.2, 0.25) is 5.02 Å². The minimum absolute atomic E-state index is 0.136. The molecule has 2 aromatic heterocycles.